The first-order valence-electron chi connectivity index (χ1n) is 6.53. The van der Waals surface area contributed by atoms with Gasteiger partial charge < -0.3 is 4.74 Å². The molecular formula is C13H13F4N3O3S. The minimum absolute atomic E-state index is 0.161. The Morgan fingerprint density at radius 3 is 2.50 bits per heavy atom. The van der Waals surface area contributed by atoms with Crippen LogP contribution >= 0.6 is 0 Å². The van der Waals surface area contributed by atoms with E-state index < -0.39 is 40.1 Å². The van der Waals surface area contributed by atoms with E-state index in [9.17, 15) is 26.0 Å². The van der Waals surface area contributed by atoms with Gasteiger partial charge in [-0.15, -0.1) is 0 Å². The van der Waals surface area contributed by atoms with Gasteiger partial charge in [-0.3, -0.25) is 9.82 Å². The molecule has 0 saturated heterocycles. The minimum atomic E-state index is -4.62. The van der Waals surface area contributed by atoms with Gasteiger partial charge >= 0.3 is 6.18 Å². The number of aryl methyl sites for hydroxylation is 2. The highest BCUT2D eigenvalue weighted by atomic mass is 32.2. The number of anilines is 1. The fourth-order valence-electron chi connectivity index (χ4n) is 2.00. The van der Waals surface area contributed by atoms with Crippen LogP contribution in [0.3, 0.4) is 0 Å². The first kappa shape index (κ1) is 18.0. The second-order valence-electron chi connectivity index (χ2n) is 4.91. The Labute approximate surface area is 134 Å². The van der Waals surface area contributed by atoms with Gasteiger partial charge in [0.25, 0.3) is 10.0 Å². The molecular weight excluding hydrogens is 354 g/mol. The van der Waals surface area contributed by atoms with Crippen molar-refractivity contribution in [2.45, 2.75) is 24.9 Å². The first-order chi connectivity index (χ1) is 11.0. The fraction of sp³-hybridized carbons (Fsp3) is 0.308. The van der Waals surface area contributed by atoms with Gasteiger partial charge in [-0.1, -0.05) is 0 Å². The van der Waals surface area contributed by atoms with E-state index >= 15 is 0 Å². The molecule has 0 spiro atoms. The van der Waals surface area contributed by atoms with E-state index in [0.717, 1.165) is 18.2 Å². The maximum Gasteiger partial charge on any atom is 0.422 e. The molecule has 0 unspecified atom stereocenters. The van der Waals surface area contributed by atoms with Crippen molar-refractivity contribution in [1.29, 1.82) is 0 Å². The molecule has 2 rings (SSSR count). The maximum absolute atomic E-state index is 13.4. The van der Waals surface area contributed by atoms with E-state index in [1.807, 2.05) is 4.72 Å². The molecule has 24 heavy (non-hydrogen) atoms. The minimum Gasteiger partial charge on any atom is -0.482 e. The average Bonchev–Trinajstić information content (AvgIpc) is 2.76. The third-order valence-electron chi connectivity index (χ3n) is 2.91. The summed E-state index contributed by atoms with van der Waals surface area (Å²) in [5.41, 5.74) is -0.0532. The quantitative estimate of drug-likeness (QED) is 0.796. The summed E-state index contributed by atoms with van der Waals surface area (Å²) < 4.78 is 81.5. The summed E-state index contributed by atoms with van der Waals surface area (Å²) in [6, 6.07) is 2.50. The van der Waals surface area contributed by atoms with E-state index in [1.54, 1.807) is 0 Å². The zero-order valence-corrected chi connectivity index (χ0v) is 13.3. The molecule has 132 valence electrons. The Balaban J connectivity index is 2.36. The van der Waals surface area contributed by atoms with Gasteiger partial charge in [0.05, 0.1) is 17.1 Å². The maximum atomic E-state index is 13.4. The van der Waals surface area contributed by atoms with Gasteiger partial charge in [0.15, 0.2) is 6.61 Å². The van der Waals surface area contributed by atoms with Crippen LogP contribution in [-0.2, 0) is 10.0 Å². The molecule has 1 aromatic carbocycles. The predicted octanol–water partition coefficient (Wildman–Crippen LogP) is 2.91. The number of sulfonamides is 1. The number of nitrogens with zero attached hydrogens (tertiary/aromatic N) is 1. The molecule has 0 aliphatic carbocycles. The van der Waals surface area contributed by atoms with Crippen LogP contribution in [0.15, 0.2) is 23.1 Å². The van der Waals surface area contributed by atoms with Gasteiger partial charge in [0, 0.05) is 6.07 Å². The van der Waals surface area contributed by atoms with Gasteiger partial charge in [0.1, 0.15) is 16.5 Å². The number of hydrogen-bond donors (Lipinski definition) is 2. The summed E-state index contributed by atoms with van der Waals surface area (Å²) in [4.78, 5) is -0.173. The van der Waals surface area contributed by atoms with Crippen LogP contribution in [0.25, 0.3) is 0 Å². The van der Waals surface area contributed by atoms with Crippen LogP contribution in [0.4, 0.5) is 23.2 Å². The van der Waals surface area contributed by atoms with Crippen molar-refractivity contribution in [3.63, 3.8) is 0 Å². The van der Waals surface area contributed by atoms with Crippen LogP contribution in [0.5, 0.6) is 5.75 Å². The Morgan fingerprint density at radius 1 is 1.29 bits per heavy atom. The lowest BCUT2D eigenvalue weighted by atomic mass is 10.3. The Kier molecular flexibility index (Phi) is 4.74. The molecule has 0 aliphatic rings. The molecule has 1 heterocycles. The van der Waals surface area contributed by atoms with Crippen LogP contribution in [-0.4, -0.2) is 31.4 Å². The third kappa shape index (κ3) is 4.16. The molecule has 0 aliphatic heterocycles. The molecule has 0 fully saturated rings. The summed E-state index contributed by atoms with van der Waals surface area (Å²) in [6.45, 7) is 1.25. The van der Waals surface area contributed by atoms with Crippen LogP contribution in [0.2, 0.25) is 0 Å². The summed E-state index contributed by atoms with van der Waals surface area (Å²) in [5, 5.41) is 6.21. The van der Waals surface area contributed by atoms with E-state index in [4.69, 9.17) is 0 Å². The zero-order chi connectivity index (χ0) is 18.1. The van der Waals surface area contributed by atoms with Crippen LogP contribution < -0.4 is 9.46 Å². The molecule has 0 bridgehead atoms. The molecule has 0 radical (unpaired) electrons. The lowest BCUT2D eigenvalue weighted by Gasteiger charge is -2.15. The number of alkyl halides is 3. The number of hydrogen-bond acceptors (Lipinski definition) is 4. The molecule has 0 atom stereocenters. The van der Waals surface area contributed by atoms with Crippen molar-refractivity contribution in [2.24, 2.45) is 0 Å². The number of benzene rings is 1. The number of nitrogens with one attached hydrogen (secondary N) is 2. The largest absolute Gasteiger partial charge is 0.482 e. The molecule has 2 N–H and O–H groups in total. The smallest absolute Gasteiger partial charge is 0.422 e. The standard InChI is InChI=1S/C13H13F4N3O3S/c1-7-12(8(2)19-18-7)24(21,22)20-10-5-9(14)3-4-11(10)23-6-13(15,16)17/h3-5,20H,6H2,1-2H3,(H,18,19). The summed E-state index contributed by atoms with van der Waals surface area (Å²) in [7, 11) is -4.20. The lowest BCUT2D eigenvalue weighted by Crippen LogP contribution is -2.21. The van der Waals surface area contributed by atoms with E-state index in [0.29, 0.717) is 0 Å². The van der Waals surface area contributed by atoms with E-state index in [-0.39, 0.29) is 16.3 Å². The van der Waals surface area contributed by atoms with Gasteiger partial charge in [0.2, 0.25) is 0 Å². The number of aromatic nitrogens is 2. The van der Waals surface area contributed by atoms with Crippen molar-refractivity contribution in [2.75, 3.05) is 11.3 Å². The lowest BCUT2D eigenvalue weighted by molar-refractivity contribution is -0.153. The summed E-state index contributed by atoms with van der Waals surface area (Å²) >= 11 is 0. The van der Waals surface area contributed by atoms with Crippen molar-refractivity contribution >= 4 is 15.7 Å². The highest BCUT2D eigenvalue weighted by Gasteiger charge is 2.29. The Hall–Kier alpha value is -2.30. The molecule has 11 heteroatoms. The number of aromatic amines is 1. The van der Waals surface area contributed by atoms with Crippen LogP contribution in [0, 0.1) is 19.7 Å². The number of ether oxygens (including phenoxy) is 1. The summed E-state index contributed by atoms with van der Waals surface area (Å²) in [6.07, 6.45) is -4.62. The molecule has 0 saturated carbocycles. The molecule has 6 nitrogen and oxygen atoms in total. The predicted molar refractivity (Wildman–Crippen MR) is 76.8 cm³/mol. The molecule has 0 amide bonds. The monoisotopic (exact) mass is 367 g/mol. The SMILES string of the molecule is Cc1n[nH]c(C)c1S(=O)(=O)Nc1cc(F)ccc1OCC(F)(F)F. The molecule has 2 aromatic rings. The number of halogens is 4. The first-order valence-corrected chi connectivity index (χ1v) is 8.01. The fourth-order valence-corrected chi connectivity index (χ4v) is 3.43. The average molecular weight is 367 g/mol. The van der Waals surface area contributed by atoms with Gasteiger partial charge in [-0.25, -0.2) is 12.8 Å². The highest BCUT2D eigenvalue weighted by Crippen LogP contribution is 2.30. The number of H-pyrrole nitrogens is 1. The second-order valence-corrected chi connectivity index (χ2v) is 6.53. The topological polar surface area (TPSA) is 84.1 Å². The van der Waals surface area contributed by atoms with E-state index in [2.05, 4.69) is 14.9 Å². The van der Waals surface area contributed by atoms with Crippen molar-refractivity contribution < 1.29 is 30.7 Å². The molecule has 1 aromatic heterocycles. The number of rotatable bonds is 5. The Bertz CT molecular complexity index is 827. The van der Waals surface area contributed by atoms with Crippen molar-refractivity contribution in [3.8, 4) is 5.75 Å². The highest BCUT2D eigenvalue weighted by molar-refractivity contribution is 7.92. The van der Waals surface area contributed by atoms with Gasteiger partial charge in [-0.2, -0.15) is 18.3 Å². The zero-order valence-electron chi connectivity index (χ0n) is 12.5. The van der Waals surface area contributed by atoms with Gasteiger partial charge in [-0.05, 0) is 26.0 Å². The van der Waals surface area contributed by atoms with Crippen molar-refractivity contribution in [3.05, 3.63) is 35.4 Å². The van der Waals surface area contributed by atoms with Crippen LogP contribution in [0.1, 0.15) is 11.4 Å². The van der Waals surface area contributed by atoms with Crippen molar-refractivity contribution in [1.82, 2.24) is 10.2 Å². The van der Waals surface area contributed by atoms with E-state index in [1.165, 1.54) is 13.8 Å². The Morgan fingerprint density at radius 2 is 1.96 bits per heavy atom. The normalized spacial score (nSPS) is 12.2. The summed E-state index contributed by atoms with van der Waals surface area (Å²) in [5.74, 6) is -1.29. The second kappa shape index (κ2) is 6.30. The third-order valence-corrected chi connectivity index (χ3v) is 4.53.